The van der Waals surface area contributed by atoms with E-state index in [9.17, 15) is 17.8 Å². The number of nitrogens with two attached hydrogens (primary N) is 1. The van der Waals surface area contributed by atoms with Crippen LogP contribution in [0, 0.1) is 0 Å². The Morgan fingerprint density at radius 2 is 1.58 bits per heavy atom. The van der Waals surface area contributed by atoms with Crippen LogP contribution < -0.4 is 11.1 Å². The molecule has 0 radical (unpaired) electrons. The number of hydrogen-bond donors (Lipinski definition) is 3. The zero-order valence-electron chi connectivity index (χ0n) is 13.6. The van der Waals surface area contributed by atoms with E-state index in [-0.39, 0.29) is 10.8 Å². The van der Waals surface area contributed by atoms with Gasteiger partial charge in [-0.2, -0.15) is 8.42 Å². The molecule has 26 heavy (non-hydrogen) atoms. The quantitative estimate of drug-likeness (QED) is 0.297. The van der Waals surface area contributed by atoms with Crippen molar-refractivity contribution in [2.24, 2.45) is 5.73 Å². The van der Waals surface area contributed by atoms with Gasteiger partial charge in [0.25, 0.3) is 10.1 Å². The Hall–Kier alpha value is -2.17. The van der Waals surface area contributed by atoms with Crippen molar-refractivity contribution in [1.82, 2.24) is 0 Å². The van der Waals surface area contributed by atoms with E-state index in [4.69, 9.17) is 0 Å². The number of halogens is 1. The van der Waals surface area contributed by atoms with E-state index in [0.29, 0.717) is 15.5 Å². The molecule has 0 saturated heterocycles. The average molecular weight is 484 g/mol. The molecule has 0 spiro atoms. The van der Waals surface area contributed by atoms with E-state index in [1.165, 1.54) is 0 Å². The van der Waals surface area contributed by atoms with Crippen molar-refractivity contribution in [3.05, 3.63) is 66.7 Å². The number of hydrogen-bond acceptors (Lipinski definition) is 4. The van der Waals surface area contributed by atoms with E-state index < -0.39 is 10.1 Å². The van der Waals surface area contributed by atoms with Crippen LogP contribution in [-0.2, 0) is 14.9 Å². The third kappa shape index (κ3) is 5.41. The lowest BCUT2D eigenvalue weighted by Gasteiger charge is -2.13. The summed E-state index contributed by atoms with van der Waals surface area (Å²) in [5, 5.41) is 4.27. The molecule has 3 aromatic rings. The number of rotatable bonds is 4. The maximum absolute atomic E-state index is 11.8. The van der Waals surface area contributed by atoms with Crippen LogP contribution >= 0.6 is 22.6 Å². The van der Waals surface area contributed by atoms with Crippen molar-refractivity contribution in [3.63, 3.8) is 0 Å². The minimum absolute atomic E-state index is 0.107. The molecule has 4 N–H and O–H groups in total. The molecule has 1 amide bonds. The second kappa shape index (κ2) is 8.97. The van der Waals surface area contributed by atoms with Crippen molar-refractivity contribution in [2.75, 3.05) is 9.74 Å². The maximum Gasteiger partial charge on any atom is 0.297 e. The fraction of sp³-hybridized carbons (Fsp3) is 0.0556. The average Bonchev–Trinajstić information content (AvgIpc) is 2.61. The number of carbonyl (C=O) groups excluding carboxylic acids is 1. The number of para-hydroxylation sites is 1. The first kappa shape index (κ1) is 20.1. The van der Waals surface area contributed by atoms with Gasteiger partial charge in [0, 0.05) is 11.1 Å². The van der Waals surface area contributed by atoms with Crippen molar-refractivity contribution in [1.29, 1.82) is 0 Å². The predicted molar refractivity (Wildman–Crippen MR) is 112 cm³/mol. The summed E-state index contributed by atoms with van der Waals surface area (Å²) < 4.78 is 33.5. The Labute approximate surface area is 165 Å². The molecule has 0 bridgehead atoms. The van der Waals surface area contributed by atoms with Crippen LogP contribution in [0.5, 0.6) is 0 Å². The summed E-state index contributed by atoms with van der Waals surface area (Å²) in [5.41, 5.74) is 5.74. The molecule has 0 aromatic heterocycles. The number of carbonyl (C=O) groups is 1. The monoisotopic (exact) mass is 484 g/mol. The van der Waals surface area contributed by atoms with Crippen LogP contribution in [0.25, 0.3) is 10.8 Å². The van der Waals surface area contributed by atoms with Crippen LogP contribution in [0.1, 0.15) is 0 Å². The minimum atomic E-state index is -4.34. The van der Waals surface area contributed by atoms with Gasteiger partial charge in [-0.1, -0.05) is 71.1 Å². The number of amides is 1. The lowest BCUT2D eigenvalue weighted by Crippen LogP contribution is -2.10. The molecule has 3 aromatic carbocycles. The number of anilines is 2. The maximum atomic E-state index is 11.8. The van der Waals surface area contributed by atoms with E-state index in [2.05, 4.69) is 11.1 Å². The summed E-state index contributed by atoms with van der Waals surface area (Å²) in [5.74, 6) is -0.259. The predicted octanol–water partition coefficient (Wildman–Crippen LogP) is 3.74. The summed E-state index contributed by atoms with van der Waals surface area (Å²) in [6.07, 6.45) is 0. The van der Waals surface area contributed by atoms with Crippen molar-refractivity contribution in [2.45, 2.75) is 4.90 Å². The van der Waals surface area contributed by atoms with Gasteiger partial charge in [0.1, 0.15) is 4.90 Å². The largest absolute Gasteiger partial charge is 0.369 e. The second-order valence-electron chi connectivity index (χ2n) is 5.23. The molecule has 0 saturated carbocycles. The summed E-state index contributed by atoms with van der Waals surface area (Å²) >= 11 is 1.90. The Kier molecular flexibility index (Phi) is 6.95. The number of fused-ring (bicyclic) bond motifs is 1. The first-order chi connectivity index (χ1) is 12.3. The molecule has 0 aliphatic rings. The molecule has 6 nitrogen and oxygen atoms in total. The Bertz CT molecular complexity index is 1010. The van der Waals surface area contributed by atoms with Gasteiger partial charge in [0.05, 0.1) is 10.1 Å². The minimum Gasteiger partial charge on any atom is -0.369 e. The van der Waals surface area contributed by atoms with Gasteiger partial charge >= 0.3 is 0 Å². The topological polar surface area (TPSA) is 109 Å². The van der Waals surface area contributed by atoms with Crippen LogP contribution in [0.4, 0.5) is 11.4 Å². The van der Waals surface area contributed by atoms with Crippen molar-refractivity contribution < 1.29 is 17.8 Å². The molecular formula is C18H17IN2O4S. The fourth-order valence-electron chi connectivity index (χ4n) is 2.30. The lowest BCUT2D eigenvalue weighted by molar-refractivity contribution is -0.115. The van der Waals surface area contributed by atoms with Gasteiger partial charge in [0.2, 0.25) is 5.91 Å². The molecule has 0 fully saturated rings. The van der Waals surface area contributed by atoms with E-state index >= 15 is 0 Å². The summed E-state index contributed by atoms with van der Waals surface area (Å²) in [7, 11) is -4.34. The number of benzene rings is 3. The first-order valence-electron chi connectivity index (χ1n) is 7.48. The summed E-state index contributed by atoms with van der Waals surface area (Å²) in [4.78, 5) is 9.48. The Morgan fingerprint density at radius 3 is 2.15 bits per heavy atom. The number of primary amides is 1. The normalized spacial score (nSPS) is 10.7. The first-order valence-corrected chi connectivity index (χ1v) is 10.4. The standard InChI is InChI=1S/C16H13NO3S.C2H4INO/c18-21(19,20)16-14-9-5-4-6-12(14)10-11-15(16)17-13-7-2-1-3-8-13;3-1-2(4)5/h1-11,17H,(H,18,19,20);1H2,(H2,4,5). The SMILES string of the molecule is NC(=O)CI.O=S(=O)(O)c1c(Nc2ccccc2)ccc2ccccc12. The molecule has 0 atom stereocenters. The van der Waals surface area contributed by atoms with Crippen molar-refractivity contribution in [3.8, 4) is 0 Å². The molecule has 0 heterocycles. The van der Waals surface area contributed by atoms with Crippen LogP contribution in [0.2, 0.25) is 0 Å². The van der Waals surface area contributed by atoms with E-state index in [1.807, 2.05) is 65.1 Å². The second-order valence-corrected chi connectivity index (χ2v) is 7.35. The van der Waals surface area contributed by atoms with E-state index in [0.717, 1.165) is 11.1 Å². The highest BCUT2D eigenvalue weighted by molar-refractivity contribution is 14.1. The molecule has 136 valence electrons. The Morgan fingerprint density at radius 1 is 1.00 bits per heavy atom. The van der Waals surface area contributed by atoms with Crippen LogP contribution in [0.3, 0.4) is 0 Å². The van der Waals surface area contributed by atoms with Gasteiger partial charge in [-0.25, -0.2) is 0 Å². The highest BCUT2D eigenvalue weighted by Crippen LogP contribution is 2.32. The van der Waals surface area contributed by atoms with Gasteiger partial charge in [-0.05, 0) is 23.6 Å². The lowest BCUT2D eigenvalue weighted by atomic mass is 10.1. The third-order valence-corrected chi connectivity index (χ3v) is 5.03. The Balaban J connectivity index is 0.000000431. The number of nitrogens with one attached hydrogen (secondary N) is 1. The molecule has 0 unspecified atom stereocenters. The zero-order valence-corrected chi connectivity index (χ0v) is 16.6. The summed E-state index contributed by atoms with van der Waals surface area (Å²) in [6.45, 7) is 0. The summed E-state index contributed by atoms with van der Waals surface area (Å²) in [6, 6.07) is 19.7. The van der Waals surface area contributed by atoms with Crippen LogP contribution in [0.15, 0.2) is 71.6 Å². The molecule has 0 aliphatic carbocycles. The third-order valence-electron chi connectivity index (χ3n) is 3.32. The molecular weight excluding hydrogens is 467 g/mol. The number of alkyl halides is 1. The fourth-order valence-corrected chi connectivity index (χ4v) is 3.16. The highest BCUT2D eigenvalue weighted by Gasteiger charge is 2.19. The van der Waals surface area contributed by atoms with Gasteiger partial charge in [0.15, 0.2) is 0 Å². The van der Waals surface area contributed by atoms with Crippen LogP contribution in [-0.4, -0.2) is 23.3 Å². The molecule has 3 rings (SSSR count). The smallest absolute Gasteiger partial charge is 0.297 e. The van der Waals surface area contributed by atoms with Gasteiger partial charge in [-0.3, -0.25) is 9.35 Å². The molecule has 8 heteroatoms. The molecule has 0 aliphatic heterocycles. The zero-order chi connectivity index (χ0) is 19.2. The van der Waals surface area contributed by atoms with Crippen molar-refractivity contribution >= 4 is 60.8 Å². The highest BCUT2D eigenvalue weighted by atomic mass is 127. The van der Waals surface area contributed by atoms with E-state index in [1.54, 1.807) is 24.3 Å². The van der Waals surface area contributed by atoms with Gasteiger partial charge < -0.3 is 11.1 Å². The van der Waals surface area contributed by atoms with Gasteiger partial charge in [-0.15, -0.1) is 0 Å².